The zero-order valence-electron chi connectivity index (χ0n) is 37.1. The summed E-state index contributed by atoms with van der Waals surface area (Å²) >= 11 is 18.7. The number of carbonyl (C=O) groups excluding carboxylic acids is 4. The van der Waals surface area contributed by atoms with Gasteiger partial charge in [-0.25, -0.2) is 0 Å². The number of hydrogen-bond acceptors (Lipinski definition) is 14. The van der Waals surface area contributed by atoms with E-state index >= 15 is 0 Å². The monoisotopic (exact) mass is 1480 g/mol. The molecule has 2 radical (unpaired) electrons. The molecule has 0 saturated carbocycles. The van der Waals surface area contributed by atoms with Crippen LogP contribution in [0.15, 0.2) is 0 Å². The van der Waals surface area contributed by atoms with Gasteiger partial charge in [-0.3, -0.25) is 28.8 Å². The van der Waals surface area contributed by atoms with Crippen molar-refractivity contribution in [2.24, 2.45) is 41.2 Å². The number of carboxylic acids is 2. The van der Waals surface area contributed by atoms with Gasteiger partial charge in [0.1, 0.15) is 0 Å². The van der Waals surface area contributed by atoms with Gasteiger partial charge in [0.05, 0.1) is 11.8 Å². The van der Waals surface area contributed by atoms with Crippen molar-refractivity contribution in [2.45, 2.75) is 83.1 Å². The van der Waals surface area contributed by atoms with E-state index in [0.717, 1.165) is 5.75 Å². The molecule has 0 unspecified atom stereocenters. The average molecular weight is 1480 g/mol. The van der Waals surface area contributed by atoms with E-state index in [0.29, 0.717) is 55.7 Å². The van der Waals surface area contributed by atoms with Crippen LogP contribution < -0.4 is 27.0 Å². The summed E-state index contributed by atoms with van der Waals surface area (Å²) in [6.45, 7) is 29.6. The molecule has 0 aromatic carbocycles. The van der Waals surface area contributed by atoms with Gasteiger partial charge in [-0.15, -0.1) is 0 Å². The molecule has 23 heteroatoms. The van der Waals surface area contributed by atoms with E-state index in [9.17, 15) is 28.8 Å². The van der Waals surface area contributed by atoms with Crippen LogP contribution in [-0.4, -0.2) is 108 Å². The van der Waals surface area contributed by atoms with E-state index in [1.807, 2.05) is 55.4 Å². The third-order valence-corrected chi connectivity index (χ3v) is 6.01. The summed E-state index contributed by atoms with van der Waals surface area (Å²) in [4.78, 5) is 62.4. The number of aliphatic carboxylic acids is 2. The number of nitrogens with zero attached hydrogens (tertiary/aromatic N) is 1. The number of nitrogens with two attached hydrogens (primary N) is 1. The molecule has 0 aliphatic rings. The van der Waals surface area contributed by atoms with Crippen LogP contribution in [0.3, 0.4) is 0 Å². The maximum atomic E-state index is 10.8. The number of nitrogens with one attached hydrogen (secondary N) is 4. The summed E-state index contributed by atoms with van der Waals surface area (Å²) in [6.07, 6.45) is 0. The minimum atomic E-state index is -0.917. The Hall–Kier alpha value is 0.409. The predicted molar refractivity (Wildman–Crippen MR) is 249 cm³/mol. The van der Waals surface area contributed by atoms with Crippen LogP contribution in [0.25, 0.3) is 0 Å². The maximum absolute atomic E-state index is 10.8. The van der Waals surface area contributed by atoms with Crippen LogP contribution in [0.5, 0.6) is 0 Å². The molecule has 8 N–H and O–H groups in total. The van der Waals surface area contributed by atoms with Crippen molar-refractivity contribution in [1.82, 2.24) is 21.3 Å². The van der Waals surface area contributed by atoms with Crippen LogP contribution >= 0.6 is 73.0 Å². The second kappa shape index (κ2) is 71.9. The summed E-state index contributed by atoms with van der Waals surface area (Å²) in [5.74, 6) is 2.43. The molecular weight excluding hydrogens is 1400 g/mol. The van der Waals surface area contributed by atoms with E-state index in [4.69, 9.17) is 28.5 Å². The smallest absolute Gasteiger partial charge is 0 e. The molecule has 0 spiro atoms. The van der Waals surface area contributed by atoms with Crippen molar-refractivity contribution in [3.05, 3.63) is 6.57 Å². The molecule has 0 heterocycles. The molecule has 58 heavy (non-hydrogen) atoms. The van der Waals surface area contributed by atoms with Crippen molar-refractivity contribution in [3.8, 4) is 0 Å². The minimum absolute atomic E-state index is 0. The zero-order valence-corrected chi connectivity index (χ0v) is 48.6. The Morgan fingerprint density at radius 2 is 0.655 bits per heavy atom. The van der Waals surface area contributed by atoms with Gasteiger partial charge < -0.3 is 49.0 Å². The van der Waals surface area contributed by atoms with Crippen LogP contribution in [0.2, 0.25) is 0 Å². The molecule has 0 aliphatic carbocycles. The van der Waals surface area contributed by atoms with Crippen LogP contribution in [0.1, 0.15) is 83.1 Å². The van der Waals surface area contributed by atoms with E-state index in [-0.39, 0.29) is 104 Å². The maximum Gasteiger partial charge on any atom is 0 e. The summed E-state index contributed by atoms with van der Waals surface area (Å²) in [5, 5.41) is 33.1. The molecule has 4 amide bonds. The first-order chi connectivity index (χ1) is 26.3. The zero-order chi connectivity index (χ0) is 47.5. The molecule has 0 bridgehead atoms. The Bertz CT molecular complexity index is 871. The number of thiol groups is 5. The van der Waals surface area contributed by atoms with Crippen molar-refractivity contribution < 1.29 is 102 Å². The molecule has 0 fully saturated rings. The van der Waals surface area contributed by atoms with Gasteiger partial charge >= 0.3 is 40.3 Å². The second-order valence-corrected chi connectivity index (χ2v) is 14.4. The van der Waals surface area contributed by atoms with Crippen molar-refractivity contribution >= 4 is 109 Å². The van der Waals surface area contributed by atoms with Crippen LogP contribution in [0, 0.1) is 47.3 Å². The van der Waals surface area contributed by atoms with Crippen LogP contribution in [0.4, 0.5) is 0 Å². The normalized spacial score (nSPS) is 8.76. The Balaban J connectivity index is -0.0000000499. The molecule has 0 saturated heterocycles. The fourth-order valence-corrected chi connectivity index (χ4v) is 1.98. The summed E-state index contributed by atoms with van der Waals surface area (Å²) in [7, 11) is 4.23. The molecule has 0 aromatic rings. The molecule has 0 aliphatic heterocycles. The molecule has 0 aromatic heterocycles. The van der Waals surface area contributed by atoms with Gasteiger partial charge in [-0.2, -0.15) is 63.1 Å². The quantitative estimate of drug-likeness (QED) is 0.0617. The van der Waals surface area contributed by atoms with E-state index in [1.54, 1.807) is 27.7 Å². The Kier molecular flexibility index (Phi) is 102. The first kappa shape index (κ1) is 82.1. The topological polar surface area (TPSA) is 241 Å². The van der Waals surface area contributed by atoms with Gasteiger partial charge in [-0.05, 0) is 0 Å². The number of carbonyl (C=O) groups is 6. The summed E-state index contributed by atoms with van der Waals surface area (Å²) < 4.78 is 6.19. The van der Waals surface area contributed by atoms with E-state index in [2.05, 4.69) is 94.2 Å². The largest absolute Gasteiger partial charge is 0.512 e. The molecule has 0 rings (SSSR count). The molecular formula is C35H76Au2N6O8S6W-. The standard InChI is InChI=1S/4C6H13NOS.2C4H8O2.C2H7NS.CN.2Au.S.W.H/c4*1-5(2)6(8)7-3-4-9;2*1-3(2)4(5)6;3-1-2-4;1-2;;;;;/h4*5,9H,3-4H2,1-2H3,(H,7,8);2*3H,1-2H3,(H,5,6);4H,1-3H2;;;;;;/q;;;;;;;-1;;;;;/i;;;;;;;;;;;;1+2. The number of amides is 4. The van der Waals surface area contributed by atoms with Gasteiger partial charge in [0.15, 0.2) is 0 Å². The molecule has 14 nitrogen and oxygen atoms in total. The summed E-state index contributed by atoms with van der Waals surface area (Å²) in [5.41, 5.74) is 4.95. The fourth-order valence-electron chi connectivity index (χ4n) is 1.53. The minimum Gasteiger partial charge on any atom is -0.512 e. The molecule has 359 valence electrons. The Morgan fingerprint density at radius 1 is 0.534 bits per heavy atom. The Labute approximate surface area is 425 Å². The molecule has 0 atom stereocenters. The van der Waals surface area contributed by atoms with E-state index < -0.39 is 29.8 Å². The SMILES string of the molecule is CC(C)C(=O)NCCS.CC(C)C(=O)NCCS.CC(C)C(=O)NCCS.CC(C)C(=O)NCCS.CC(C)C(=O)O.CC(C)C(=O)O.NCCS.[3H][W]=[S].[Au].[Au].[C-]#N. The fraction of sp³-hybridized carbons (Fsp3) is 0.800. The van der Waals surface area contributed by atoms with Gasteiger partial charge in [0.25, 0.3) is 0 Å². The van der Waals surface area contributed by atoms with Gasteiger partial charge in [-0.1, -0.05) is 83.1 Å². The Morgan fingerprint density at radius 3 is 0.707 bits per heavy atom. The van der Waals surface area contributed by atoms with Crippen molar-refractivity contribution in [3.63, 3.8) is 0 Å². The second-order valence-electron chi connectivity index (χ2n) is 12.2. The number of rotatable bonds is 15. The van der Waals surface area contributed by atoms with Crippen LogP contribution in [-0.2, 0) is 91.4 Å². The third kappa shape index (κ3) is 101. The van der Waals surface area contributed by atoms with Crippen molar-refractivity contribution in [2.75, 3.05) is 61.5 Å². The van der Waals surface area contributed by atoms with Gasteiger partial charge in [0.2, 0.25) is 23.6 Å². The van der Waals surface area contributed by atoms with Crippen molar-refractivity contribution in [1.29, 1.82) is 6.01 Å². The summed E-state index contributed by atoms with van der Waals surface area (Å²) in [6, 6.07) is 0. The number of carboxylic acid groups (broad SMARTS) is 2. The average Bonchev–Trinajstić information content (AvgIpc) is 3.16. The first-order valence-electron chi connectivity index (χ1n) is 18.0. The van der Waals surface area contributed by atoms with E-state index in [1.165, 1.54) is 0 Å². The first-order valence-corrected chi connectivity index (χ1v) is 24.7. The van der Waals surface area contributed by atoms with Gasteiger partial charge in [0, 0.05) is 130 Å². The third-order valence-electron chi connectivity index (χ3n) is 4.86. The predicted octanol–water partition coefficient (Wildman–Crippen LogP) is 4.55. The number of hydrogen-bond donors (Lipinski definition) is 12.